The Kier molecular flexibility index (Phi) is 6.10. The minimum Gasteiger partial charge on any atom is -0.381 e. The predicted octanol–water partition coefficient (Wildman–Crippen LogP) is 3.73. The number of anilines is 2. The summed E-state index contributed by atoms with van der Waals surface area (Å²) in [6.45, 7) is 4.65. The van der Waals surface area contributed by atoms with Crippen molar-refractivity contribution in [3.05, 3.63) is 59.7 Å². The number of amides is 3. The van der Waals surface area contributed by atoms with Gasteiger partial charge in [-0.3, -0.25) is 19.9 Å². The van der Waals surface area contributed by atoms with Gasteiger partial charge in [0, 0.05) is 37.4 Å². The normalized spacial score (nSPS) is 17.9. The summed E-state index contributed by atoms with van der Waals surface area (Å²) in [7, 11) is 0. The highest BCUT2D eigenvalue weighted by Crippen LogP contribution is 2.21. The van der Waals surface area contributed by atoms with E-state index in [1.165, 1.54) is 43.5 Å². The van der Waals surface area contributed by atoms with Crippen molar-refractivity contribution in [2.75, 3.05) is 29.9 Å². The SMILES string of the molecule is O=C1CCN(c2ccc(NCc3ccc(CN4CCCCC4)cc3)cc2)C(=O)N1. The molecule has 29 heavy (non-hydrogen) atoms. The van der Waals surface area contributed by atoms with E-state index in [9.17, 15) is 9.59 Å². The van der Waals surface area contributed by atoms with E-state index >= 15 is 0 Å². The Labute approximate surface area is 171 Å². The highest BCUT2D eigenvalue weighted by Gasteiger charge is 2.23. The fraction of sp³-hybridized carbons (Fsp3) is 0.391. The Morgan fingerprint density at radius 2 is 1.52 bits per heavy atom. The maximum Gasteiger partial charge on any atom is 0.328 e. The van der Waals surface area contributed by atoms with E-state index in [0.717, 1.165) is 24.5 Å². The molecule has 0 bridgehead atoms. The Balaban J connectivity index is 1.28. The van der Waals surface area contributed by atoms with Gasteiger partial charge in [-0.25, -0.2) is 4.79 Å². The summed E-state index contributed by atoms with van der Waals surface area (Å²) in [5, 5.41) is 5.78. The molecule has 6 heteroatoms. The van der Waals surface area contributed by atoms with Crippen molar-refractivity contribution in [1.82, 2.24) is 10.2 Å². The molecular weight excluding hydrogens is 364 g/mol. The second kappa shape index (κ2) is 9.09. The number of nitrogens with one attached hydrogen (secondary N) is 2. The van der Waals surface area contributed by atoms with Crippen LogP contribution in [0.1, 0.15) is 36.8 Å². The second-order valence-corrected chi connectivity index (χ2v) is 7.81. The summed E-state index contributed by atoms with van der Waals surface area (Å²) in [6.07, 6.45) is 4.34. The van der Waals surface area contributed by atoms with Crippen molar-refractivity contribution in [2.45, 2.75) is 38.8 Å². The third kappa shape index (κ3) is 5.15. The summed E-state index contributed by atoms with van der Waals surface area (Å²) in [6, 6.07) is 16.2. The van der Waals surface area contributed by atoms with Crippen molar-refractivity contribution in [3.8, 4) is 0 Å². The van der Waals surface area contributed by atoms with Crippen LogP contribution in [-0.4, -0.2) is 36.5 Å². The van der Waals surface area contributed by atoms with Gasteiger partial charge in [-0.05, 0) is 61.3 Å². The third-order valence-corrected chi connectivity index (χ3v) is 5.61. The van der Waals surface area contributed by atoms with Crippen LogP contribution >= 0.6 is 0 Å². The molecule has 0 atom stereocenters. The maximum absolute atomic E-state index is 11.9. The molecule has 152 valence electrons. The molecule has 2 saturated heterocycles. The number of nitrogens with zero attached hydrogens (tertiary/aromatic N) is 2. The van der Waals surface area contributed by atoms with Crippen molar-refractivity contribution in [1.29, 1.82) is 0 Å². The summed E-state index contributed by atoms with van der Waals surface area (Å²) in [5.74, 6) is -0.216. The van der Waals surface area contributed by atoms with E-state index in [4.69, 9.17) is 0 Å². The number of hydrogen-bond acceptors (Lipinski definition) is 4. The quantitative estimate of drug-likeness (QED) is 0.786. The summed E-state index contributed by atoms with van der Waals surface area (Å²) >= 11 is 0. The Bertz CT molecular complexity index is 842. The largest absolute Gasteiger partial charge is 0.381 e. The Morgan fingerprint density at radius 1 is 0.828 bits per heavy atom. The van der Waals surface area contributed by atoms with Gasteiger partial charge >= 0.3 is 6.03 Å². The summed E-state index contributed by atoms with van der Waals surface area (Å²) in [4.78, 5) is 27.3. The number of rotatable bonds is 6. The number of carbonyl (C=O) groups excluding carboxylic acids is 2. The molecule has 2 N–H and O–H groups in total. The van der Waals surface area contributed by atoms with E-state index in [1.807, 2.05) is 24.3 Å². The molecule has 2 heterocycles. The molecule has 3 amide bonds. The van der Waals surface area contributed by atoms with Crippen LogP contribution in [0.4, 0.5) is 16.2 Å². The van der Waals surface area contributed by atoms with Crippen LogP contribution in [-0.2, 0) is 17.9 Å². The molecule has 0 aliphatic carbocycles. The Morgan fingerprint density at radius 3 is 2.21 bits per heavy atom. The van der Waals surface area contributed by atoms with E-state index < -0.39 is 0 Å². The van der Waals surface area contributed by atoms with Gasteiger partial charge in [-0.2, -0.15) is 0 Å². The molecule has 4 rings (SSSR count). The molecule has 0 spiro atoms. The second-order valence-electron chi connectivity index (χ2n) is 7.81. The summed E-state index contributed by atoms with van der Waals surface area (Å²) < 4.78 is 0. The van der Waals surface area contributed by atoms with Crippen molar-refractivity contribution >= 4 is 23.3 Å². The van der Waals surface area contributed by atoms with Crippen LogP contribution in [0.2, 0.25) is 0 Å². The number of hydrogen-bond donors (Lipinski definition) is 2. The number of likely N-dealkylation sites (tertiary alicyclic amines) is 1. The standard InChI is InChI=1S/C23H28N4O2/c28-22-12-15-27(23(29)25-22)21-10-8-20(9-11-21)24-16-18-4-6-19(7-5-18)17-26-13-2-1-3-14-26/h4-11,24H,1-3,12-17H2,(H,25,28,29). The Hall–Kier alpha value is -2.86. The van der Waals surface area contributed by atoms with Gasteiger partial charge in [0.25, 0.3) is 0 Å². The van der Waals surface area contributed by atoms with Crippen LogP contribution in [0, 0.1) is 0 Å². The first-order chi connectivity index (χ1) is 14.2. The average molecular weight is 393 g/mol. The zero-order chi connectivity index (χ0) is 20.1. The van der Waals surface area contributed by atoms with Gasteiger partial charge in [-0.1, -0.05) is 30.7 Å². The molecule has 2 aromatic carbocycles. The smallest absolute Gasteiger partial charge is 0.328 e. The van der Waals surface area contributed by atoms with Crippen LogP contribution in [0.3, 0.4) is 0 Å². The third-order valence-electron chi connectivity index (χ3n) is 5.61. The molecule has 2 aliphatic rings. The monoisotopic (exact) mass is 392 g/mol. The number of benzene rings is 2. The number of imide groups is 1. The van der Waals surface area contributed by atoms with E-state index in [0.29, 0.717) is 13.0 Å². The van der Waals surface area contributed by atoms with Crippen LogP contribution < -0.4 is 15.5 Å². The van der Waals surface area contributed by atoms with Gasteiger partial charge in [-0.15, -0.1) is 0 Å². The van der Waals surface area contributed by atoms with Gasteiger partial charge in [0.2, 0.25) is 5.91 Å². The highest BCUT2D eigenvalue weighted by molar-refractivity contribution is 6.05. The van der Waals surface area contributed by atoms with E-state index in [2.05, 4.69) is 39.8 Å². The lowest BCUT2D eigenvalue weighted by Crippen LogP contribution is -2.49. The average Bonchev–Trinajstić information content (AvgIpc) is 2.75. The van der Waals surface area contributed by atoms with Gasteiger partial charge < -0.3 is 5.32 Å². The van der Waals surface area contributed by atoms with Crippen LogP contribution in [0.25, 0.3) is 0 Å². The lowest BCUT2D eigenvalue weighted by atomic mass is 10.1. The molecule has 2 aromatic rings. The molecule has 2 fully saturated rings. The molecule has 0 saturated carbocycles. The molecule has 0 radical (unpaired) electrons. The van der Waals surface area contributed by atoms with E-state index in [1.54, 1.807) is 4.90 Å². The zero-order valence-corrected chi connectivity index (χ0v) is 16.7. The minimum atomic E-state index is -0.355. The molecule has 0 aromatic heterocycles. The number of urea groups is 1. The zero-order valence-electron chi connectivity index (χ0n) is 16.7. The first-order valence-corrected chi connectivity index (χ1v) is 10.4. The number of piperidine rings is 1. The lowest BCUT2D eigenvalue weighted by Gasteiger charge is -2.26. The molecule has 6 nitrogen and oxygen atoms in total. The van der Waals surface area contributed by atoms with Gasteiger partial charge in [0.15, 0.2) is 0 Å². The molecule has 0 unspecified atom stereocenters. The minimum absolute atomic E-state index is 0.216. The predicted molar refractivity (Wildman–Crippen MR) is 115 cm³/mol. The maximum atomic E-state index is 11.9. The van der Waals surface area contributed by atoms with Crippen molar-refractivity contribution in [2.24, 2.45) is 0 Å². The topological polar surface area (TPSA) is 64.7 Å². The van der Waals surface area contributed by atoms with Crippen LogP contribution in [0.15, 0.2) is 48.5 Å². The first-order valence-electron chi connectivity index (χ1n) is 10.4. The number of carbonyl (C=O) groups is 2. The lowest BCUT2D eigenvalue weighted by molar-refractivity contribution is -0.120. The van der Waals surface area contributed by atoms with Crippen LogP contribution in [0.5, 0.6) is 0 Å². The van der Waals surface area contributed by atoms with Gasteiger partial charge in [0.1, 0.15) is 0 Å². The van der Waals surface area contributed by atoms with Gasteiger partial charge in [0.05, 0.1) is 0 Å². The highest BCUT2D eigenvalue weighted by atomic mass is 16.2. The summed E-state index contributed by atoms with van der Waals surface area (Å²) in [5.41, 5.74) is 4.41. The van der Waals surface area contributed by atoms with Crippen molar-refractivity contribution in [3.63, 3.8) is 0 Å². The molecular formula is C23H28N4O2. The first kappa shape index (κ1) is 19.5. The molecule has 2 aliphatic heterocycles. The fourth-order valence-electron chi connectivity index (χ4n) is 3.91. The van der Waals surface area contributed by atoms with Crippen molar-refractivity contribution < 1.29 is 9.59 Å². The fourth-order valence-corrected chi connectivity index (χ4v) is 3.91. The van der Waals surface area contributed by atoms with E-state index in [-0.39, 0.29) is 11.9 Å².